The molecule has 4 heteroatoms. The molecule has 0 aliphatic rings. The highest BCUT2D eigenvalue weighted by Gasteiger charge is 2.22. The van der Waals surface area contributed by atoms with Crippen molar-refractivity contribution in [3.63, 3.8) is 0 Å². The molecule has 1 aromatic rings. The Hall–Kier alpha value is -1.03. The molecule has 0 bridgehead atoms. The molecule has 1 aromatic carbocycles. The number of rotatable bonds is 6. The standard InChI is InChI=1S/C13H18BrNO2/c1-3-13(2,10-14)15-12(16)9-17-11-7-5-4-6-8-11/h4-8H,3,9-10H2,1-2H3,(H,15,16). The number of halogens is 1. The van der Waals surface area contributed by atoms with Gasteiger partial charge < -0.3 is 10.1 Å². The number of hydrogen-bond acceptors (Lipinski definition) is 2. The zero-order chi connectivity index (χ0) is 12.7. The number of carbonyl (C=O) groups excluding carboxylic acids is 1. The molecule has 17 heavy (non-hydrogen) atoms. The second-order valence-electron chi connectivity index (χ2n) is 4.20. The number of nitrogens with one attached hydrogen (secondary N) is 1. The molecule has 1 rings (SSSR count). The van der Waals surface area contributed by atoms with Crippen molar-refractivity contribution in [2.24, 2.45) is 0 Å². The highest BCUT2D eigenvalue weighted by molar-refractivity contribution is 9.09. The molecule has 0 aliphatic carbocycles. The van der Waals surface area contributed by atoms with Crippen LogP contribution < -0.4 is 10.1 Å². The first kappa shape index (κ1) is 14.0. The minimum absolute atomic E-state index is 0.0482. The average molecular weight is 300 g/mol. The lowest BCUT2D eigenvalue weighted by molar-refractivity contribution is -0.124. The summed E-state index contributed by atoms with van der Waals surface area (Å²) in [5.41, 5.74) is -0.211. The molecular weight excluding hydrogens is 282 g/mol. The molecule has 1 N–H and O–H groups in total. The molecule has 94 valence electrons. The van der Waals surface area contributed by atoms with Crippen LogP contribution in [-0.4, -0.2) is 23.4 Å². The first-order valence-electron chi connectivity index (χ1n) is 5.64. The molecular formula is C13H18BrNO2. The molecule has 1 amide bonds. The number of carbonyl (C=O) groups is 1. The van der Waals surface area contributed by atoms with Gasteiger partial charge in [-0.15, -0.1) is 0 Å². The van der Waals surface area contributed by atoms with Crippen molar-refractivity contribution in [2.75, 3.05) is 11.9 Å². The van der Waals surface area contributed by atoms with Gasteiger partial charge in [0.15, 0.2) is 6.61 Å². The van der Waals surface area contributed by atoms with Gasteiger partial charge in [0.1, 0.15) is 5.75 Å². The van der Waals surface area contributed by atoms with Gasteiger partial charge in [-0.25, -0.2) is 0 Å². The third-order valence-corrected chi connectivity index (χ3v) is 3.87. The van der Waals surface area contributed by atoms with Crippen LogP contribution in [0.3, 0.4) is 0 Å². The third-order valence-electron chi connectivity index (χ3n) is 2.63. The highest BCUT2D eigenvalue weighted by atomic mass is 79.9. The van der Waals surface area contributed by atoms with Crippen molar-refractivity contribution in [3.8, 4) is 5.75 Å². The van der Waals surface area contributed by atoms with E-state index in [0.29, 0.717) is 5.75 Å². The smallest absolute Gasteiger partial charge is 0.258 e. The summed E-state index contributed by atoms with van der Waals surface area (Å²) in [6.07, 6.45) is 0.870. The maximum atomic E-state index is 11.7. The molecule has 0 heterocycles. The molecule has 1 atom stereocenters. The summed E-state index contributed by atoms with van der Waals surface area (Å²) >= 11 is 3.40. The normalized spacial score (nSPS) is 13.8. The number of para-hydroxylation sites is 1. The zero-order valence-corrected chi connectivity index (χ0v) is 11.8. The van der Waals surface area contributed by atoms with Crippen LogP contribution in [0, 0.1) is 0 Å². The van der Waals surface area contributed by atoms with E-state index in [4.69, 9.17) is 4.74 Å². The Bertz CT molecular complexity index is 350. The topological polar surface area (TPSA) is 38.3 Å². The van der Waals surface area contributed by atoms with Gasteiger partial charge in [0, 0.05) is 10.9 Å². The number of alkyl halides is 1. The molecule has 0 spiro atoms. The van der Waals surface area contributed by atoms with Gasteiger partial charge in [0.25, 0.3) is 5.91 Å². The largest absolute Gasteiger partial charge is 0.484 e. The van der Waals surface area contributed by atoms with Gasteiger partial charge in [0.05, 0.1) is 0 Å². The molecule has 3 nitrogen and oxygen atoms in total. The Kier molecular flexibility index (Phi) is 5.48. The number of benzene rings is 1. The van der Waals surface area contributed by atoms with Gasteiger partial charge in [0.2, 0.25) is 0 Å². The van der Waals surface area contributed by atoms with Gasteiger partial charge in [-0.2, -0.15) is 0 Å². The summed E-state index contributed by atoms with van der Waals surface area (Å²) in [6.45, 7) is 4.09. The maximum Gasteiger partial charge on any atom is 0.258 e. The summed E-state index contributed by atoms with van der Waals surface area (Å²) < 4.78 is 5.38. The minimum atomic E-state index is -0.211. The van der Waals surface area contributed by atoms with Crippen LogP contribution in [0.1, 0.15) is 20.3 Å². The van der Waals surface area contributed by atoms with Crippen LogP contribution in [0.2, 0.25) is 0 Å². The summed E-state index contributed by atoms with van der Waals surface area (Å²) in [7, 11) is 0. The Morgan fingerprint density at radius 3 is 2.59 bits per heavy atom. The second kappa shape index (κ2) is 6.64. The van der Waals surface area contributed by atoms with E-state index >= 15 is 0 Å². The van der Waals surface area contributed by atoms with E-state index in [-0.39, 0.29) is 18.1 Å². The van der Waals surface area contributed by atoms with Crippen molar-refractivity contribution < 1.29 is 9.53 Å². The highest BCUT2D eigenvalue weighted by Crippen LogP contribution is 2.12. The van der Waals surface area contributed by atoms with E-state index in [1.807, 2.05) is 44.2 Å². The summed E-state index contributed by atoms with van der Waals surface area (Å²) in [5, 5.41) is 3.68. The van der Waals surface area contributed by atoms with E-state index in [1.165, 1.54) is 0 Å². The number of hydrogen-bond donors (Lipinski definition) is 1. The van der Waals surface area contributed by atoms with Crippen molar-refractivity contribution >= 4 is 21.8 Å². The summed E-state index contributed by atoms with van der Waals surface area (Å²) in [5.74, 6) is 0.609. The maximum absolute atomic E-state index is 11.7. The van der Waals surface area contributed by atoms with Crippen LogP contribution in [0.25, 0.3) is 0 Å². The zero-order valence-electron chi connectivity index (χ0n) is 10.2. The molecule has 0 saturated heterocycles. The predicted molar refractivity (Wildman–Crippen MR) is 72.6 cm³/mol. The van der Waals surface area contributed by atoms with E-state index in [2.05, 4.69) is 21.2 Å². The Morgan fingerprint density at radius 1 is 1.41 bits per heavy atom. The lowest BCUT2D eigenvalue weighted by Gasteiger charge is -2.27. The monoisotopic (exact) mass is 299 g/mol. The van der Waals surface area contributed by atoms with Gasteiger partial charge in [-0.3, -0.25) is 4.79 Å². The van der Waals surface area contributed by atoms with Crippen LogP contribution >= 0.6 is 15.9 Å². The SMILES string of the molecule is CCC(C)(CBr)NC(=O)COc1ccccc1. The molecule has 0 radical (unpaired) electrons. The van der Waals surface area contributed by atoms with Gasteiger partial charge >= 0.3 is 0 Å². The third kappa shape index (κ3) is 4.77. The molecule has 0 aromatic heterocycles. The lowest BCUT2D eigenvalue weighted by Crippen LogP contribution is -2.48. The first-order chi connectivity index (χ1) is 8.09. The molecule has 1 unspecified atom stereocenters. The van der Waals surface area contributed by atoms with Crippen LogP contribution in [0.4, 0.5) is 0 Å². The molecule has 0 saturated carbocycles. The van der Waals surface area contributed by atoms with Crippen LogP contribution in [-0.2, 0) is 4.79 Å². The van der Waals surface area contributed by atoms with E-state index in [0.717, 1.165) is 11.8 Å². The molecule has 0 fully saturated rings. The molecule has 0 aliphatic heterocycles. The van der Waals surface area contributed by atoms with Gasteiger partial charge in [-0.05, 0) is 25.5 Å². The fraction of sp³-hybridized carbons (Fsp3) is 0.462. The Morgan fingerprint density at radius 2 is 2.06 bits per heavy atom. The summed E-state index contributed by atoms with van der Waals surface area (Å²) in [6, 6.07) is 9.32. The summed E-state index contributed by atoms with van der Waals surface area (Å²) in [4.78, 5) is 11.7. The van der Waals surface area contributed by atoms with Crippen molar-refractivity contribution in [2.45, 2.75) is 25.8 Å². The number of amides is 1. The fourth-order valence-electron chi connectivity index (χ4n) is 1.25. The van der Waals surface area contributed by atoms with E-state index < -0.39 is 0 Å². The Labute approximate surface area is 111 Å². The van der Waals surface area contributed by atoms with Crippen molar-refractivity contribution in [1.29, 1.82) is 0 Å². The van der Waals surface area contributed by atoms with Crippen molar-refractivity contribution in [1.82, 2.24) is 5.32 Å². The van der Waals surface area contributed by atoms with Crippen LogP contribution in [0.5, 0.6) is 5.75 Å². The van der Waals surface area contributed by atoms with Crippen LogP contribution in [0.15, 0.2) is 30.3 Å². The average Bonchev–Trinajstić information content (AvgIpc) is 2.37. The second-order valence-corrected chi connectivity index (χ2v) is 4.76. The van der Waals surface area contributed by atoms with E-state index in [1.54, 1.807) is 0 Å². The first-order valence-corrected chi connectivity index (χ1v) is 6.76. The Balaban J connectivity index is 2.40. The predicted octanol–water partition coefficient (Wildman–Crippen LogP) is 2.75. The fourth-order valence-corrected chi connectivity index (χ4v) is 1.79. The lowest BCUT2D eigenvalue weighted by atomic mass is 10.0. The van der Waals surface area contributed by atoms with Crippen molar-refractivity contribution in [3.05, 3.63) is 30.3 Å². The van der Waals surface area contributed by atoms with E-state index in [9.17, 15) is 4.79 Å². The van der Waals surface area contributed by atoms with Gasteiger partial charge in [-0.1, -0.05) is 41.1 Å². The minimum Gasteiger partial charge on any atom is -0.484 e. The number of ether oxygens (including phenoxy) is 1. The quantitative estimate of drug-likeness (QED) is 0.820.